The standard InChI is InChI=1S/C17H23F3N2O2.ClH/c1-11(12-4-3-5-13(8-12)17(18,19)20)22(14-6-7-14)16(23)9-15(10-21)24-2;/h3-5,8,11,14-15H,6-7,9-10,21H2,1-2H3;1H. The Morgan fingerprint density at radius 1 is 1.40 bits per heavy atom. The number of nitrogens with two attached hydrogens (primary N) is 1. The average Bonchev–Trinajstić information content (AvgIpc) is 3.36. The Bertz CT molecular complexity index is 575. The number of alkyl halides is 3. The third-order valence-corrected chi connectivity index (χ3v) is 4.34. The number of hydrogen-bond acceptors (Lipinski definition) is 3. The van der Waals surface area contributed by atoms with E-state index in [2.05, 4.69) is 0 Å². The topological polar surface area (TPSA) is 55.6 Å². The highest BCUT2D eigenvalue weighted by Gasteiger charge is 2.37. The van der Waals surface area contributed by atoms with Crippen LogP contribution in [0.2, 0.25) is 0 Å². The first-order valence-electron chi connectivity index (χ1n) is 7.99. The van der Waals surface area contributed by atoms with Crippen molar-refractivity contribution in [1.29, 1.82) is 0 Å². The molecule has 2 atom stereocenters. The second-order valence-corrected chi connectivity index (χ2v) is 6.13. The maximum absolute atomic E-state index is 12.9. The number of hydrogen-bond donors (Lipinski definition) is 1. The van der Waals surface area contributed by atoms with Crippen LogP contribution in [-0.2, 0) is 15.7 Å². The lowest BCUT2D eigenvalue weighted by Crippen LogP contribution is -2.39. The van der Waals surface area contributed by atoms with Gasteiger partial charge in [0.2, 0.25) is 5.91 Å². The molecular weight excluding hydrogens is 357 g/mol. The molecule has 0 saturated heterocycles. The Morgan fingerprint density at radius 3 is 2.52 bits per heavy atom. The van der Waals surface area contributed by atoms with Gasteiger partial charge in [-0.05, 0) is 37.5 Å². The fourth-order valence-corrected chi connectivity index (χ4v) is 2.79. The SMILES string of the molecule is COC(CN)CC(=O)N(C1CC1)C(C)c1cccc(C(F)(F)F)c1.Cl. The van der Waals surface area contributed by atoms with Gasteiger partial charge in [0.25, 0.3) is 0 Å². The summed E-state index contributed by atoms with van der Waals surface area (Å²) in [6.45, 7) is 1.98. The zero-order valence-electron chi connectivity index (χ0n) is 14.3. The van der Waals surface area contributed by atoms with E-state index in [0.717, 1.165) is 25.0 Å². The number of benzene rings is 1. The van der Waals surface area contributed by atoms with Gasteiger partial charge >= 0.3 is 6.18 Å². The van der Waals surface area contributed by atoms with Crippen molar-refractivity contribution >= 4 is 18.3 Å². The highest BCUT2D eigenvalue weighted by Crippen LogP contribution is 2.37. The zero-order chi connectivity index (χ0) is 17.9. The fourth-order valence-electron chi connectivity index (χ4n) is 2.79. The monoisotopic (exact) mass is 380 g/mol. The Labute approximate surface area is 151 Å². The van der Waals surface area contributed by atoms with Gasteiger partial charge < -0.3 is 15.4 Å². The number of methoxy groups -OCH3 is 1. The van der Waals surface area contributed by atoms with E-state index in [1.807, 2.05) is 0 Å². The summed E-state index contributed by atoms with van der Waals surface area (Å²) in [6, 6.07) is 4.81. The molecule has 1 fully saturated rings. The molecule has 1 saturated carbocycles. The van der Waals surface area contributed by atoms with Crippen LogP contribution in [0.1, 0.15) is 43.4 Å². The molecule has 0 bridgehead atoms. The number of halogens is 4. The van der Waals surface area contributed by atoms with Crippen molar-refractivity contribution in [1.82, 2.24) is 4.90 Å². The third kappa shape index (κ3) is 5.59. The summed E-state index contributed by atoms with van der Waals surface area (Å²) in [7, 11) is 1.49. The molecule has 1 aliphatic carbocycles. The van der Waals surface area contributed by atoms with Crippen molar-refractivity contribution < 1.29 is 22.7 Å². The van der Waals surface area contributed by atoms with Gasteiger partial charge in [-0.25, -0.2) is 0 Å². The minimum Gasteiger partial charge on any atom is -0.380 e. The zero-order valence-corrected chi connectivity index (χ0v) is 15.1. The molecule has 1 aromatic carbocycles. The minimum absolute atomic E-state index is 0. The van der Waals surface area contributed by atoms with Gasteiger partial charge in [0.05, 0.1) is 24.1 Å². The quantitative estimate of drug-likeness (QED) is 0.787. The molecule has 2 N–H and O–H groups in total. The number of carbonyl (C=O) groups is 1. The van der Waals surface area contributed by atoms with Gasteiger partial charge in [-0.2, -0.15) is 13.2 Å². The first kappa shape index (κ1) is 21.7. The number of amides is 1. The third-order valence-electron chi connectivity index (χ3n) is 4.34. The van der Waals surface area contributed by atoms with Crippen LogP contribution in [0, 0.1) is 0 Å². The van der Waals surface area contributed by atoms with Gasteiger partial charge in [-0.15, -0.1) is 12.4 Å². The molecule has 142 valence electrons. The molecule has 8 heteroatoms. The molecule has 1 amide bonds. The van der Waals surface area contributed by atoms with Crippen LogP contribution < -0.4 is 5.73 Å². The maximum Gasteiger partial charge on any atom is 0.416 e. The van der Waals surface area contributed by atoms with E-state index in [0.29, 0.717) is 5.56 Å². The fraction of sp³-hybridized carbons (Fsp3) is 0.588. The molecule has 0 aliphatic heterocycles. The van der Waals surface area contributed by atoms with Crippen LogP contribution in [0.25, 0.3) is 0 Å². The van der Waals surface area contributed by atoms with Crippen LogP contribution in [0.3, 0.4) is 0 Å². The molecule has 2 unspecified atom stereocenters. The minimum atomic E-state index is -4.40. The summed E-state index contributed by atoms with van der Waals surface area (Å²) in [5.41, 5.74) is 5.33. The number of rotatable bonds is 7. The van der Waals surface area contributed by atoms with Crippen molar-refractivity contribution in [2.75, 3.05) is 13.7 Å². The molecule has 0 radical (unpaired) electrons. The Morgan fingerprint density at radius 2 is 2.04 bits per heavy atom. The van der Waals surface area contributed by atoms with E-state index in [-0.39, 0.29) is 43.4 Å². The highest BCUT2D eigenvalue weighted by atomic mass is 35.5. The van der Waals surface area contributed by atoms with Crippen molar-refractivity contribution in [3.05, 3.63) is 35.4 Å². The number of carbonyl (C=O) groups excluding carboxylic acids is 1. The van der Waals surface area contributed by atoms with E-state index < -0.39 is 17.8 Å². The second-order valence-electron chi connectivity index (χ2n) is 6.13. The van der Waals surface area contributed by atoms with Crippen LogP contribution in [0.5, 0.6) is 0 Å². The van der Waals surface area contributed by atoms with Crippen LogP contribution >= 0.6 is 12.4 Å². The number of nitrogens with zero attached hydrogens (tertiary/aromatic N) is 1. The van der Waals surface area contributed by atoms with Crippen molar-refractivity contribution in [2.45, 2.75) is 50.6 Å². The Hall–Kier alpha value is -1.31. The van der Waals surface area contributed by atoms with Crippen LogP contribution in [0.4, 0.5) is 13.2 Å². The van der Waals surface area contributed by atoms with E-state index >= 15 is 0 Å². The lowest BCUT2D eigenvalue weighted by atomic mass is 10.0. The summed E-state index contributed by atoms with van der Waals surface area (Å²) in [6.07, 6.45) is -2.91. The van der Waals surface area contributed by atoms with E-state index in [9.17, 15) is 18.0 Å². The predicted octanol–water partition coefficient (Wildman–Crippen LogP) is 3.54. The maximum atomic E-state index is 12.9. The van der Waals surface area contributed by atoms with Gasteiger partial charge in [0.1, 0.15) is 0 Å². The molecule has 2 rings (SSSR count). The summed E-state index contributed by atoms with van der Waals surface area (Å²) in [4.78, 5) is 14.3. The van der Waals surface area contributed by atoms with E-state index in [1.54, 1.807) is 17.9 Å². The van der Waals surface area contributed by atoms with Gasteiger partial charge in [0, 0.05) is 19.7 Å². The lowest BCUT2D eigenvalue weighted by Gasteiger charge is -2.31. The van der Waals surface area contributed by atoms with Gasteiger partial charge in [-0.3, -0.25) is 4.79 Å². The lowest BCUT2D eigenvalue weighted by molar-refractivity contribution is -0.137. The second kappa shape index (κ2) is 8.87. The summed E-state index contributed by atoms with van der Waals surface area (Å²) < 4.78 is 43.9. The van der Waals surface area contributed by atoms with E-state index in [4.69, 9.17) is 10.5 Å². The molecule has 4 nitrogen and oxygen atoms in total. The normalized spacial score (nSPS) is 16.7. The first-order chi connectivity index (χ1) is 11.3. The molecule has 1 aliphatic rings. The van der Waals surface area contributed by atoms with Crippen molar-refractivity contribution in [3.63, 3.8) is 0 Å². The molecule has 1 aromatic rings. The summed E-state index contributed by atoms with van der Waals surface area (Å²) >= 11 is 0. The van der Waals surface area contributed by atoms with Gasteiger partial charge in [0.15, 0.2) is 0 Å². The molecule has 25 heavy (non-hydrogen) atoms. The summed E-state index contributed by atoms with van der Waals surface area (Å²) in [5, 5.41) is 0. The van der Waals surface area contributed by atoms with E-state index in [1.165, 1.54) is 13.2 Å². The average molecular weight is 381 g/mol. The Balaban J connectivity index is 0.00000312. The smallest absolute Gasteiger partial charge is 0.380 e. The first-order valence-corrected chi connectivity index (χ1v) is 7.99. The number of ether oxygens (including phenoxy) is 1. The highest BCUT2D eigenvalue weighted by molar-refractivity contribution is 5.85. The molecule has 0 heterocycles. The summed E-state index contributed by atoms with van der Waals surface area (Å²) in [5.74, 6) is -0.139. The van der Waals surface area contributed by atoms with Crippen LogP contribution in [-0.4, -0.2) is 36.6 Å². The van der Waals surface area contributed by atoms with Crippen LogP contribution in [0.15, 0.2) is 24.3 Å². The Kier molecular flexibility index (Phi) is 7.71. The largest absolute Gasteiger partial charge is 0.416 e. The van der Waals surface area contributed by atoms with Gasteiger partial charge in [-0.1, -0.05) is 12.1 Å². The molecular formula is C17H24ClF3N2O2. The van der Waals surface area contributed by atoms with Crippen molar-refractivity contribution in [2.24, 2.45) is 5.73 Å². The molecule has 0 aromatic heterocycles. The predicted molar refractivity (Wildman–Crippen MR) is 91.4 cm³/mol. The van der Waals surface area contributed by atoms with Crippen molar-refractivity contribution in [3.8, 4) is 0 Å². The molecule has 0 spiro atoms.